The van der Waals surface area contributed by atoms with Crippen LogP contribution in [0.4, 0.5) is 0 Å². The van der Waals surface area contributed by atoms with Crippen LogP contribution in [0.25, 0.3) is 43.4 Å². The highest BCUT2D eigenvalue weighted by Gasteiger charge is 2.16. The van der Waals surface area contributed by atoms with E-state index in [9.17, 15) is 0 Å². The first-order chi connectivity index (χ1) is 14.5. The fourth-order valence-electron chi connectivity index (χ4n) is 4.23. The smallest absolute Gasteiger partial charge is 0.00928 e. The lowest BCUT2D eigenvalue weighted by molar-refractivity contribution is 0.591. The molecule has 0 fully saturated rings. The maximum absolute atomic E-state index is 2.39. The molecule has 0 saturated heterocycles. The van der Waals surface area contributed by atoms with Crippen LogP contribution < -0.4 is 0 Å². The molecule has 0 aliphatic carbocycles. The molecule has 30 heavy (non-hydrogen) atoms. The van der Waals surface area contributed by atoms with Gasteiger partial charge in [-0.1, -0.05) is 113 Å². The van der Waals surface area contributed by atoms with Crippen LogP contribution in [0.2, 0.25) is 0 Å². The highest BCUT2D eigenvalue weighted by Crippen LogP contribution is 2.38. The summed E-state index contributed by atoms with van der Waals surface area (Å²) in [5.41, 5.74) is 4.05. The molecule has 5 aromatic carbocycles. The summed E-state index contributed by atoms with van der Waals surface area (Å²) < 4.78 is 0. The van der Waals surface area contributed by atoms with E-state index in [0.717, 1.165) is 0 Å². The molecule has 0 N–H and O–H groups in total. The Morgan fingerprint density at radius 1 is 0.433 bits per heavy atom. The predicted molar refractivity (Wildman–Crippen MR) is 134 cm³/mol. The van der Waals surface area contributed by atoms with Crippen molar-refractivity contribution in [2.75, 3.05) is 0 Å². The fourth-order valence-corrected chi connectivity index (χ4v) is 4.23. The maximum atomic E-state index is 2.39. The Balaban J connectivity index is 0.00000106. The van der Waals surface area contributed by atoms with Gasteiger partial charge in [0, 0.05) is 0 Å². The molecule has 5 rings (SSSR count). The SMILES string of the molecule is CC.CC(C)(C)c1ccc2c3ccc(-c4ccccc4)cc3c3ccccc3c2c1. The highest BCUT2D eigenvalue weighted by atomic mass is 14.2. The van der Waals surface area contributed by atoms with Crippen LogP contribution in [0.5, 0.6) is 0 Å². The molecule has 0 saturated carbocycles. The van der Waals surface area contributed by atoms with Crippen molar-refractivity contribution in [2.45, 2.75) is 40.0 Å². The first-order valence-electron chi connectivity index (χ1n) is 11.0. The monoisotopic (exact) mass is 390 g/mol. The zero-order valence-electron chi connectivity index (χ0n) is 18.7. The molecule has 0 heterocycles. The molecule has 0 aliphatic heterocycles. The second-order valence-corrected chi connectivity index (χ2v) is 8.68. The van der Waals surface area contributed by atoms with Crippen molar-refractivity contribution in [3.05, 3.63) is 96.6 Å². The van der Waals surface area contributed by atoms with E-state index in [-0.39, 0.29) is 5.41 Å². The zero-order valence-corrected chi connectivity index (χ0v) is 18.7. The summed E-state index contributed by atoms with van der Waals surface area (Å²) in [6.07, 6.45) is 0. The Hall–Kier alpha value is -3.12. The van der Waals surface area contributed by atoms with Crippen molar-refractivity contribution in [2.24, 2.45) is 0 Å². The third kappa shape index (κ3) is 3.48. The van der Waals surface area contributed by atoms with Crippen LogP contribution in [0.3, 0.4) is 0 Å². The van der Waals surface area contributed by atoms with Gasteiger partial charge in [-0.25, -0.2) is 0 Å². The van der Waals surface area contributed by atoms with Gasteiger partial charge in [0.05, 0.1) is 0 Å². The Bertz CT molecular complexity index is 1300. The van der Waals surface area contributed by atoms with E-state index in [0.29, 0.717) is 0 Å². The minimum Gasteiger partial charge on any atom is -0.0683 e. The van der Waals surface area contributed by atoms with Crippen LogP contribution in [0.15, 0.2) is 91.0 Å². The van der Waals surface area contributed by atoms with Crippen molar-refractivity contribution in [3.8, 4) is 11.1 Å². The van der Waals surface area contributed by atoms with Gasteiger partial charge in [0.1, 0.15) is 0 Å². The second-order valence-electron chi connectivity index (χ2n) is 8.68. The van der Waals surface area contributed by atoms with E-state index in [4.69, 9.17) is 0 Å². The first-order valence-corrected chi connectivity index (χ1v) is 11.0. The van der Waals surface area contributed by atoms with Gasteiger partial charge in [-0.05, 0) is 66.6 Å². The summed E-state index contributed by atoms with van der Waals surface area (Å²) in [5.74, 6) is 0. The molecule has 5 aromatic rings. The fraction of sp³-hybridized carbons (Fsp3) is 0.200. The third-order valence-electron chi connectivity index (χ3n) is 5.81. The van der Waals surface area contributed by atoms with E-state index < -0.39 is 0 Å². The molecule has 0 amide bonds. The van der Waals surface area contributed by atoms with Gasteiger partial charge in [-0.2, -0.15) is 0 Å². The summed E-state index contributed by atoms with van der Waals surface area (Å²) in [6, 6.07) is 33.4. The Morgan fingerprint density at radius 3 is 1.53 bits per heavy atom. The summed E-state index contributed by atoms with van der Waals surface area (Å²) in [6.45, 7) is 10.8. The molecule has 0 bridgehead atoms. The number of hydrogen-bond donors (Lipinski definition) is 0. The van der Waals surface area contributed by atoms with Crippen LogP contribution in [0.1, 0.15) is 40.2 Å². The van der Waals surface area contributed by atoms with E-state index in [2.05, 4.69) is 112 Å². The average molecular weight is 391 g/mol. The van der Waals surface area contributed by atoms with Gasteiger partial charge in [-0.3, -0.25) is 0 Å². The molecular formula is C30H30. The van der Waals surface area contributed by atoms with Crippen LogP contribution >= 0.6 is 0 Å². The second kappa shape index (κ2) is 7.95. The molecule has 0 atom stereocenters. The number of rotatable bonds is 1. The molecule has 0 radical (unpaired) electrons. The van der Waals surface area contributed by atoms with E-state index in [1.54, 1.807) is 0 Å². The minimum atomic E-state index is 0.140. The van der Waals surface area contributed by atoms with Crippen LogP contribution in [0, 0.1) is 0 Å². The maximum Gasteiger partial charge on any atom is -0.00928 e. The first kappa shape index (κ1) is 20.2. The van der Waals surface area contributed by atoms with Crippen molar-refractivity contribution in [3.63, 3.8) is 0 Å². The molecule has 0 aliphatic rings. The Kier molecular flexibility index (Phi) is 5.35. The van der Waals surface area contributed by atoms with Gasteiger partial charge in [0.2, 0.25) is 0 Å². The third-order valence-corrected chi connectivity index (χ3v) is 5.81. The normalized spacial score (nSPS) is 11.5. The summed E-state index contributed by atoms with van der Waals surface area (Å²) in [7, 11) is 0. The molecule has 0 aromatic heterocycles. The zero-order chi connectivity index (χ0) is 21.3. The number of hydrogen-bond acceptors (Lipinski definition) is 0. The lowest BCUT2D eigenvalue weighted by Gasteiger charge is -2.21. The molecule has 0 heteroatoms. The number of fused-ring (bicyclic) bond motifs is 6. The summed E-state index contributed by atoms with van der Waals surface area (Å²) in [5, 5.41) is 8.00. The van der Waals surface area contributed by atoms with Crippen molar-refractivity contribution < 1.29 is 0 Å². The molecule has 150 valence electrons. The van der Waals surface area contributed by atoms with Gasteiger partial charge < -0.3 is 0 Å². The van der Waals surface area contributed by atoms with Gasteiger partial charge in [0.25, 0.3) is 0 Å². The average Bonchev–Trinajstić information content (AvgIpc) is 2.80. The minimum absolute atomic E-state index is 0.140. The van der Waals surface area contributed by atoms with E-state index in [1.165, 1.54) is 49.0 Å². The van der Waals surface area contributed by atoms with Crippen LogP contribution in [-0.4, -0.2) is 0 Å². The van der Waals surface area contributed by atoms with Crippen molar-refractivity contribution >= 4 is 32.3 Å². The summed E-state index contributed by atoms with van der Waals surface area (Å²) >= 11 is 0. The van der Waals surface area contributed by atoms with E-state index in [1.807, 2.05) is 13.8 Å². The van der Waals surface area contributed by atoms with Gasteiger partial charge in [-0.15, -0.1) is 0 Å². The largest absolute Gasteiger partial charge is 0.0683 e. The van der Waals surface area contributed by atoms with Crippen LogP contribution in [-0.2, 0) is 5.41 Å². The van der Waals surface area contributed by atoms with E-state index >= 15 is 0 Å². The lowest BCUT2D eigenvalue weighted by atomic mass is 9.84. The van der Waals surface area contributed by atoms with Gasteiger partial charge >= 0.3 is 0 Å². The lowest BCUT2D eigenvalue weighted by Crippen LogP contribution is -2.10. The Morgan fingerprint density at radius 2 is 0.933 bits per heavy atom. The Labute approximate surface area is 180 Å². The quantitative estimate of drug-likeness (QED) is 0.250. The molecule has 0 unspecified atom stereocenters. The standard InChI is InChI=1S/C28H24.C2H6/c1-28(2,3)21-14-16-25-24-15-13-20(19-9-5-4-6-10-19)17-26(24)22-11-7-8-12-23(22)27(25)18-21;1-2/h4-18H,1-3H3;1-2H3. The van der Waals surface area contributed by atoms with Crippen molar-refractivity contribution in [1.29, 1.82) is 0 Å². The topological polar surface area (TPSA) is 0 Å². The van der Waals surface area contributed by atoms with Crippen molar-refractivity contribution in [1.82, 2.24) is 0 Å². The molecule has 0 spiro atoms. The molecule has 0 nitrogen and oxygen atoms in total. The highest BCUT2D eigenvalue weighted by molar-refractivity contribution is 6.25. The van der Waals surface area contributed by atoms with Gasteiger partial charge in [0.15, 0.2) is 0 Å². The molecular weight excluding hydrogens is 360 g/mol. The number of benzene rings is 5. The summed E-state index contributed by atoms with van der Waals surface area (Å²) in [4.78, 5) is 0. The predicted octanol–water partition coefficient (Wildman–Crippen LogP) is 9.14.